The average Bonchev–Trinajstić information content (AvgIpc) is 3.33. The van der Waals surface area contributed by atoms with Crippen LogP contribution in [0.1, 0.15) is 25.0 Å². The quantitative estimate of drug-likeness (QED) is 0.304. The first-order valence-corrected chi connectivity index (χ1v) is 11.2. The summed E-state index contributed by atoms with van der Waals surface area (Å²) < 4.78 is 70.0. The van der Waals surface area contributed by atoms with Gasteiger partial charge in [-0.15, -0.1) is 0 Å². The molecule has 0 saturated carbocycles. The summed E-state index contributed by atoms with van der Waals surface area (Å²) in [5.41, 5.74) is -0.795. The first-order valence-electron chi connectivity index (χ1n) is 11.2. The van der Waals surface area contributed by atoms with Gasteiger partial charge in [0.25, 0.3) is 0 Å². The van der Waals surface area contributed by atoms with Crippen LogP contribution >= 0.6 is 0 Å². The van der Waals surface area contributed by atoms with Gasteiger partial charge in [-0.1, -0.05) is 0 Å². The Morgan fingerprint density at radius 2 is 1.67 bits per heavy atom. The molecule has 0 bridgehead atoms. The fourth-order valence-corrected chi connectivity index (χ4v) is 4.68. The second kappa shape index (κ2) is 9.13. The summed E-state index contributed by atoms with van der Waals surface area (Å²) in [6.07, 6.45) is 2.82. The van der Waals surface area contributed by atoms with Crippen molar-refractivity contribution < 1.29 is 27.0 Å². The molecule has 4 aromatic rings. The van der Waals surface area contributed by atoms with Crippen LogP contribution in [0.3, 0.4) is 0 Å². The predicted molar refractivity (Wildman–Crippen MR) is 120 cm³/mol. The van der Waals surface area contributed by atoms with Gasteiger partial charge in [0, 0.05) is 31.4 Å². The molecule has 4 heterocycles. The van der Waals surface area contributed by atoms with E-state index in [1.165, 1.54) is 6.20 Å². The van der Waals surface area contributed by atoms with Crippen molar-refractivity contribution in [3.05, 3.63) is 63.5 Å². The molecule has 0 spiro atoms. The SMILES string of the molecule is COc1c(F)c(F)c(Cn2c(=O)n3ncnc3c3cc(CN4C[C@@H](C)O[C@@H](C)C4)cnc32)c(F)c1F. The van der Waals surface area contributed by atoms with Crippen molar-refractivity contribution in [1.82, 2.24) is 29.0 Å². The lowest BCUT2D eigenvalue weighted by molar-refractivity contribution is -0.0705. The van der Waals surface area contributed by atoms with Crippen LogP contribution in [0.4, 0.5) is 17.6 Å². The van der Waals surface area contributed by atoms with E-state index in [9.17, 15) is 22.4 Å². The third-order valence-corrected chi connectivity index (χ3v) is 6.12. The van der Waals surface area contributed by atoms with Crippen LogP contribution in [0.2, 0.25) is 0 Å². The predicted octanol–water partition coefficient (Wildman–Crippen LogP) is 2.66. The largest absolute Gasteiger partial charge is 0.491 e. The highest BCUT2D eigenvalue weighted by Gasteiger charge is 2.28. The number of benzene rings is 1. The molecule has 13 heteroatoms. The van der Waals surface area contributed by atoms with E-state index in [2.05, 4.69) is 24.7 Å². The Hall–Kier alpha value is -3.58. The summed E-state index contributed by atoms with van der Waals surface area (Å²) in [5.74, 6) is -7.93. The smallest absolute Gasteiger partial charge is 0.352 e. The van der Waals surface area contributed by atoms with Crippen molar-refractivity contribution in [2.45, 2.75) is 39.1 Å². The van der Waals surface area contributed by atoms with Crippen molar-refractivity contribution in [3.63, 3.8) is 0 Å². The summed E-state index contributed by atoms with van der Waals surface area (Å²) in [4.78, 5) is 23.8. The maximum atomic E-state index is 14.7. The highest BCUT2D eigenvalue weighted by Crippen LogP contribution is 2.30. The van der Waals surface area contributed by atoms with Crippen LogP contribution < -0.4 is 10.4 Å². The molecular formula is C23H22F4N6O3. The van der Waals surface area contributed by atoms with Crippen molar-refractivity contribution >= 4 is 16.7 Å². The fraction of sp³-hybridized carbons (Fsp3) is 0.391. The second-order valence-electron chi connectivity index (χ2n) is 8.80. The highest BCUT2D eigenvalue weighted by atomic mass is 19.2. The number of hydrogen-bond donors (Lipinski definition) is 0. The van der Waals surface area contributed by atoms with E-state index >= 15 is 0 Å². The van der Waals surface area contributed by atoms with Crippen LogP contribution in [-0.2, 0) is 17.8 Å². The molecular weight excluding hydrogens is 484 g/mol. The monoisotopic (exact) mass is 506 g/mol. The minimum atomic E-state index is -1.70. The molecule has 1 aliphatic heterocycles. The maximum absolute atomic E-state index is 14.7. The van der Waals surface area contributed by atoms with E-state index in [1.54, 1.807) is 6.07 Å². The zero-order valence-corrected chi connectivity index (χ0v) is 19.6. The Balaban J connectivity index is 1.62. The normalized spacial score (nSPS) is 18.9. The number of fused-ring (bicyclic) bond motifs is 3. The fourth-order valence-electron chi connectivity index (χ4n) is 4.68. The number of ether oxygens (including phenoxy) is 2. The van der Waals surface area contributed by atoms with Gasteiger partial charge in [0.1, 0.15) is 12.0 Å². The first kappa shape index (κ1) is 24.1. The molecule has 1 aromatic carbocycles. The summed E-state index contributed by atoms with van der Waals surface area (Å²) in [7, 11) is 0.885. The van der Waals surface area contributed by atoms with Crippen molar-refractivity contribution in [1.29, 1.82) is 0 Å². The van der Waals surface area contributed by atoms with Gasteiger partial charge in [0.05, 0.1) is 31.2 Å². The number of aromatic nitrogens is 5. The number of methoxy groups -OCH3 is 1. The lowest BCUT2D eigenvalue weighted by Gasteiger charge is -2.35. The van der Waals surface area contributed by atoms with Crippen molar-refractivity contribution in [2.24, 2.45) is 0 Å². The van der Waals surface area contributed by atoms with Crippen molar-refractivity contribution in [3.8, 4) is 5.75 Å². The molecule has 0 aliphatic carbocycles. The molecule has 0 N–H and O–H groups in total. The van der Waals surface area contributed by atoms with Gasteiger partial charge in [0.2, 0.25) is 11.6 Å². The zero-order valence-electron chi connectivity index (χ0n) is 19.6. The van der Waals surface area contributed by atoms with E-state index in [1.807, 2.05) is 13.8 Å². The standard InChI is InChI=1S/C23H22F4N6O3/c1-11-6-31(7-12(2)36-11)8-13-4-14-21(28-5-13)32(23(34)33-22(14)29-10-30-33)9-15-16(24)18(26)20(35-3)19(27)17(15)25/h4-5,10-12H,6-9H2,1-3H3/t11-,12+. The van der Waals surface area contributed by atoms with Crippen LogP contribution in [-0.4, -0.2) is 61.5 Å². The molecule has 1 aliphatic rings. The van der Waals surface area contributed by atoms with Crippen LogP contribution in [0.15, 0.2) is 23.4 Å². The molecule has 5 rings (SSSR count). The minimum Gasteiger partial charge on any atom is -0.491 e. The number of nitrogens with zero attached hydrogens (tertiary/aromatic N) is 6. The Morgan fingerprint density at radius 1 is 1.00 bits per heavy atom. The summed E-state index contributed by atoms with van der Waals surface area (Å²) in [6.45, 7) is 5.11. The number of morpholine rings is 1. The van der Waals surface area contributed by atoms with E-state index in [0.29, 0.717) is 11.9 Å². The molecule has 2 atom stereocenters. The van der Waals surface area contributed by atoms with Gasteiger partial charge in [0.15, 0.2) is 23.0 Å². The molecule has 0 unspecified atom stereocenters. The number of hydrogen-bond acceptors (Lipinski definition) is 7. The topological polar surface area (TPSA) is 86.8 Å². The van der Waals surface area contributed by atoms with E-state index < -0.39 is 46.8 Å². The molecule has 3 aromatic heterocycles. The molecule has 0 radical (unpaired) electrons. The van der Waals surface area contributed by atoms with Crippen LogP contribution in [0.25, 0.3) is 16.7 Å². The molecule has 36 heavy (non-hydrogen) atoms. The van der Waals surface area contributed by atoms with Gasteiger partial charge < -0.3 is 9.47 Å². The lowest BCUT2D eigenvalue weighted by Crippen LogP contribution is -2.44. The zero-order chi connectivity index (χ0) is 25.7. The summed E-state index contributed by atoms with van der Waals surface area (Å²) in [5, 5.41) is 4.29. The van der Waals surface area contributed by atoms with Gasteiger partial charge in [-0.25, -0.2) is 23.5 Å². The van der Waals surface area contributed by atoms with Gasteiger partial charge in [-0.2, -0.15) is 18.4 Å². The Kier molecular flexibility index (Phi) is 6.12. The molecule has 190 valence electrons. The summed E-state index contributed by atoms with van der Waals surface area (Å²) in [6, 6.07) is 1.76. The third kappa shape index (κ3) is 3.97. The van der Waals surface area contributed by atoms with E-state index in [4.69, 9.17) is 4.74 Å². The van der Waals surface area contributed by atoms with Gasteiger partial charge in [-0.05, 0) is 25.5 Å². The van der Waals surface area contributed by atoms with E-state index in [-0.39, 0.29) is 23.5 Å². The first-order chi connectivity index (χ1) is 17.2. The maximum Gasteiger partial charge on any atom is 0.352 e. The van der Waals surface area contributed by atoms with E-state index in [0.717, 1.165) is 41.2 Å². The molecule has 1 fully saturated rings. The van der Waals surface area contributed by atoms with Crippen molar-refractivity contribution in [2.75, 3.05) is 20.2 Å². The number of rotatable bonds is 5. The van der Waals surface area contributed by atoms with Gasteiger partial charge in [-0.3, -0.25) is 9.47 Å². The van der Waals surface area contributed by atoms with Crippen LogP contribution in [0.5, 0.6) is 5.75 Å². The third-order valence-electron chi connectivity index (χ3n) is 6.12. The Labute approximate surface area is 201 Å². The Bertz CT molecular complexity index is 1500. The molecule has 0 amide bonds. The number of halogens is 4. The average molecular weight is 506 g/mol. The number of pyridine rings is 1. The highest BCUT2D eigenvalue weighted by molar-refractivity contribution is 5.89. The Morgan fingerprint density at radius 3 is 2.31 bits per heavy atom. The summed E-state index contributed by atoms with van der Waals surface area (Å²) >= 11 is 0. The van der Waals surface area contributed by atoms with Gasteiger partial charge >= 0.3 is 5.69 Å². The molecule has 9 nitrogen and oxygen atoms in total. The second-order valence-corrected chi connectivity index (χ2v) is 8.80. The van der Waals surface area contributed by atoms with Crippen LogP contribution in [0, 0.1) is 23.3 Å². The lowest BCUT2D eigenvalue weighted by atomic mass is 10.1. The minimum absolute atomic E-state index is 0.0309. The molecule has 1 saturated heterocycles.